The van der Waals surface area contributed by atoms with Gasteiger partial charge in [0.25, 0.3) is 5.56 Å². The highest BCUT2D eigenvalue weighted by atomic mass is 16.1. The highest BCUT2D eigenvalue weighted by Crippen LogP contribution is 2.17. The highest BCUT2D eigenvalue weighted by molar-refractivity contribution is 5.00. The zero-order valence-electron chi connectivity index (χ0n) is 10.0. The van der Waals surface area contributed by atoms with Gasteiger partial charge in [-0.2, -0.15) is 0 Å². The monoisotopic (exact) mass is 221 g/mol. The Bertz CT molecular complexity index is 405. The Kier molecular flexibility index (Phi) is 3.39. The third-order valence-corrected chi connectivity index (χ3v) is 3.37. The van der Waals surface area contributed by atoms with Crippen molar-refractivity contribution in [1.82, 2.24) is 14.5 Å². The van der Waals surface area contributed by atoms with Crippen LogP contribution in [-0.2, 0) is 6.54 Å². The third-order valence-electron chi connectivity index (χ3n) is 3.37. The summed E-state index contributed by atoms with van der Waals surface area (Å²) in [6.07, 6.45) is 5.65. The van der Waals surface area contributed by atoms with E-state index in [0.29, 0.717) is 5.92 Å². The minimum atomic E-state index is 0.105. The molecule has 1 saturated heterocycles. The molecular weight excluding hydrogens is 202 g/mol. The summed E-state index contributed by atoms with van der Waals surface area (Å²) in [4.78, 5) is 18.2. The molecule has 0 atom stereocenters. The van der Waals surface area contributed by atoms with E-state index < -0.39 is 0 Å². The minimum absolute atomic E-state index is 0.105. The maximum Gasteiger partial charge on any atom is 0.256 e. The molecule has 4 heteroatoms. The van der Waals surface area contributed by atoms with E-state index in [9.17, 15) is 4.79 Å². The number of likely N-dealkylation sites (tertiary alicyclic amines) is 1. The maximum atomic E-state index is 11.8. The van der Waals surface area contributed by atoms with Crippen molar-refractivity contribution in [3.05, 3.63) is 28.4 Å². The zero-order chi connectivity index (χ0) is 11.5. The van der Waals surface area contributed by atoms with Gasteiger partial charge in [-0.05, 0) is 45.8 Å². The maximum absolute atomic E-state index is 11.8. The molecule has 0 bridgehead atoms. The number of aryl methyl sites for hydroxylation is 1. The lowest BCUT2D eigenvalue weighted by molar-refractivity contribution is 0.203. The Morgan fingerprint density at radius 1 is 1.44 bits per heavy atom. The molecule has 0 aliphatic carbocycles. The van der Waals surface area contributed by atoms with Crippen LogP contribution in [0.1, 0.15) is 18.4 Å². The molecule has 1 aromatic rings. The van der Waals surface area contributed by atoms with Crippen molar-refractivity contribution in [2.75, 3.05) is 20.1 Å². The molecule has 88 valence electrons. The van der Waals surface area contributed by atoms with Crippen molar-refractivity contribution in [2.45, 2.75) is 26.3 Å². The van der Waals surface area contributed by atoms with Gasteiger partial charge in [-0.3, -0.25) is 9.36 Å². The number of nitrogens with zero attached hydrogens (tertiary/aromatic N) is 3. The minimum Gasteiger partial charge on any atom is -0.306 e. The van der Waals surface area contributed by atoms with Crippen LogP contribution >= 0.6 is 0 Å². The molecule has 0 spiro atoms. The Balaban J connectivity index is 2.04. The Morgan fingerprint density at radius 3 is 2.81 bits per heavy atom. The van der Waals surface area contributed by atoms with Gasteiger partial charge in [0.1, 0.15) is 0 Å². The predicted octanol–water partition coefficient (Wildman–Crippen LogP) is 0.894. The van der Waals surface area contributed by atoms with E-state index >= 15 is 0 Å². The van der Waals surface area contributed by atoms with Crippen molar-refractivity contribution in [1.29, 1.82) is 0 Å². The fourth-order valence-electron chi connectivity index (χ4n) is 2.21. The van der Waals surface area contributed by atoms with Crippen LogP contribution in [0.25, 0.3) is 0 Å². The second kappa shape index (κ2) is 4.78. The fraction of sp³-hybridized carbons (Fsp3) is 0.667. The van der Waals surface area contributed by atoms with Gasteiger partial charge in [-0.15, -0.1) is 0 Å². The lowest BCUT2D eigenvalue weighted by Gasteiger charge is -2.29. The van der Waals surface area contributed by atoms with Crippen LogP contribution in [0.3, 0.4) is 0 Å². The van der Waals surface area contributed by atoms with E-state index in [1.807, 2.05) is 6.92 Å². The molecule has 2 rings (SSSR count). The molecule has 0 N–H and O–H groups in total. The van der Waals surface area contributed by atoms with E-state index in [4.69, 9.17) is 0 Å². The summed E-state index contributed by atoms with van der Waals surface area (Å²) in [6.45, 7) is 4.92. The van der Waals surface area contributed by atoms with E-state index in [1.54, 1.807) is 17.1 Å². The standard InChI is InChI=1S/C12H19N3O/c1-10-7-13-9-15(12(10)16)8-11-3-5-14(2)6-4-11/h7,9,11H,3-6,8H2,1-2H3. The lowest BCUT2D eigenvalue weighted by Crippen LogP contribution is -2.34. The molecule has 0 amide bonds. The van der Waals surface area contributed by atoms with Crippen LogP contribution in [0.5, 0.6) is 0 Å². The van der Waals surface area contributed by atoms with Gasteiger partial charge in [0.05, 0.1) is 6.33 Å². The van der Waals surface area contributed by atoms with Crippen molar-refractivity contribution in [2.24, 2.45) is 5.92 Å². The molecule has 0 unspecified atom stereocenters. The van der Waals surface area contributed by atoms with Crippen LogP contribution in [0.2, 0.25) is 0 Å². The smallest absolute Gasteiger partial charge is 0.256 e. The molecule has 0 radical (unpaired) electrons. The van der Waals surface area contributed by atoms with Crippen molar-refractivity contribution < 1.29 is 0 Å². The summed E-state index contributed by atoms with van der Waals surface area (Å²) >= 11 is 0. The van der Waals surface area contributed by atoms with Crippen LogP contribution in [0, 0.1) is 12.8 Å². The fourth-order valence-corrected chi connectivity index (χ4v) is 2.21. The molecular formula is C12H19N3O. The van der Waals surface area contributed by atoms with Crippen LogP contribution in [0.15, 0.2) is 17.3 Å². The largest absolute Gasteiger partial charge is 0.306 e. The van der Waals surface area contributed by atoms with Crippen molar-refractivity contribution >= 4 is 0 Å². The Morgan fingerprint density at radius 2 is 2.12 bits per heavy atom. The zero-order valence-corrected chi connectivity index (χ0v) is 10.0. The lowest BCUT2D eigenvalue weighted by atomic mass is 9.97. The summed E-state index contributed by atoms with van der Waals surface area (Å²) in [5.41, 5.74) is 0.837. The Hall–Kier alpha value is -1.16. The van der Waals surface area contributed by atoms with E-state index in [-0.39, 0.29) is 5.56 Å². The first-order chi connectivity index (χ1) is 7.66. The molecule has 1 aliphatic heterocycles. The van der Waals surface area contributed by atoms with Gasteiger partial charge in [-0.25, -0.2) is 4.98 Å². The van der Waals surface area contributed by atoms with Gasteiger partial charge < -0.3 is 4.90 Å². The van der Waals surface area contributed by atoms with Crippen molar-refractivity contribution in [3.8, 4) is 0 Å². The molecule has 1 fully saturated rings. The summed E-state index contributed by atoms with van der Waals surface area (Å²) in [5.74, 6) is 0.623. The number of piperidine rings is 1. The van der Waals surface area contributed by atoms with E-state index in [1.165, 1.54) is 12.8 Å². The summed E-state index contributed by atoms with van der Waals surface area (Å²) < 4.78 is 1.76. The summed E-state index contributed by atoms with van der Waals surface area (Å²) in [6, 6.07) is 0. The number of rotatable bonds is 2. The average molecular weight is 221 g/mol. The quantitative estimate of drug-likeness (QED) is 0.744. The van der Waals surface area contributed by atoms with Gasteiger partial charge >= 0.3 is 0 Å². The van der Waals surface area contributed by atoms with E-state index in [2.05, 4.69) is 16.9 Å². The molecule has 16 heavy (non-hydrogen) atoms. The normalized spacial score (nSPS) is 18.9. The van der Waals surface area contributed by atoms with Gasteiger partial charge in [0.15, 0.2) is 0 Å². The van der Waals surface area contributed by atoms with Crippen molar-refractivity contribution in [3.63, 3.8) is 0 Å². The van der Waals surface area contributed by atoms with Crippen LogP contribution < -0.4 is 5.56 Å². The molecule has 4 nitrogen and oxygen atoms in total. The summed E-state index contributed by atoms with van der Waals surface area (Å²) in [7, 11) is 2.15. The molecule has 0 aromatic carbocycles. The van der Waals surface area contributed by atoms with E-state index in [0.717, 1.165) is 25.2 Å². The number of aromatic nitrogens is 2. The van der Waals surface area contributed by atoms with Gasteiger partial charge in [0.2, 0.25) is 0 Å². The first-order valence-electron chi connectivity index (χ1n) is 5.86. The second-order valence-corrected chi connectivity index (χ2v) is 4.78. The highest BCUT2D eigenvalue weighted by Gasteiger charge is 2.17. The first-order valence-corrected chi connectivity index (χ1v) is 5.86. The van der Waals surface area contributed by atoms with Gasteiger partial charge in [-0.1, -0.05) is 0 Å². The third kappa shape index (κ3) is 2.50. The van der Waals surface area contributed by atoms with Crippen LogP contribution in [-0.4, -0.2) is 34.6 Å². The first kappa shape index (κ1) is 11.3. The molecule has 1 aliphatic rings. The average Bonchev–Trinajstić information content (AvgIpc) is 2.28. The topological polar surface area (TPSA) is 38.1 Å². The SMILES string of the molecule is Cc1cncn(CC2CCN(C)CC2)c1=O. The summed E-state index contributed by atoms with van der Waals surface area (Å²) in [5, 5.41) is 0. The molecule has 2 heterocycles. The predicted molar refractivity (Wildman–Crippen MR) is 63.5 cm³/mol. The number of hydrogen-bond donors (Lipinski definition) is 0. The van der Waals surface area contributed by atoms with Gasteiger partial charge in [0, 0.05) is 18.3 Å². The Labute approximate surface area is 95.9 Å². The number of hydrogen-bond acceptors (Lipinski definition) is 3. The second-order valence-electron chi connectivity index (χ2n) is 4.78. The molecule has 1 aromatic heterocycles. The molecule has 0 saturated carbocycles. The van der Waals surface area contributed by atoms with Crippen LogP contribution in [0.4, 0.5) is 0 Å².